The van der Waals surface area contributed by atoms with E-state index in [0.29, 0.717) is 12.2 Å². The molecule has 0 aliphatic carbocycles. The van der Waals surface area contributed by atoms with Crippen LogP contribution in [0.3, 0.4) is 0 Å². The maximum atomic E-state index is 11.4. The van der Waals surface area contributed by atoms with Gasteiger partial charge in [0.25, 0.3) is 0 Å². The minimum Gasteiger partial charge on any atom is -0.355 e. The minimum atomic E-state index is -0.0821. The molecular formula is C11H12BrN5O. The van der Waals surface area contributed by atoms with Crippen molar-refractivity contribution in [3.05, 3.63) is 29.1 Å². The van der Waals surface area contributed by atoms with Gasteiger partial charge in [-0.25, -0.2) is 4.68 Å². The summed E-state index contributed by atoms with van der Waals surface area (Å²) in [5.41, 5.74) is 1.54. The molecule has 7 heteroatoms. The van der Waals surface area contributed by atoms with Crippen molar-refractivity contribution >= 4 is 21.8 Å². The van der Waals surface area contributed by atoms with Gasteiger partial charge >= 0.3 is 0 Å². The number of nitrogens with zero attached hydrogens (tertiary/aromatic N) is 4. The molecule has 1 N–H and O–H groups in total. The Labute approximate surface area is 113 Å². The number of amides is 1. The lowest BCUT2D eigenvalue weighted by Gasteiger charge is -2.00. The Morgan fingerprint density at radius 3 is 3.06 bits per heavy atom. The molecule has 0 aromatic carbocycles. The zero-order chi connectivity index (χ0) is 13.0. The van der Waals surface area contributed by atoms with E-state index in [-0.39, 0.29) is 12.5 Å². The molecule has 0 atom stereocenters. The van der Waals surface area contributed by atoms with Gasteiger partial charge in [-0.3, -0.25) is 9.78 Å². The molecule has 2 heterocycles. The molecule has 2 rings (SSSR count). The SMILES string of the molecule is CCNC(=O)Cn1cc(-c2cncc(Br)c2)nn1. The fraction of sp³-hybridized carbons (Fsp3) is 0.273. The van der Waals surface area contributed by atoms with Crippen LogP contribution in [0.15, 0.2) is 29.1 Å². The van der Waals surface area contributed by atoms with Crippen LogP contribution in [0.1, 0.15) is 6.92 Å². The molecule has 0 radical (unpaired) electrons. The van der Waals surface area contributed by atoms with E-state index in [1.165, 1.54) is 4.68 Å². The van der Waals surface area contributed by atoms with Crippen LogP contribution in [0.5, 0.6) is 0 Å². The summed E-state index contributed by atoms with van der Waals surface area (Å²) < 4.78 is 2.37. The first-order valence-electron chi connectivity index (χ1n) is 5.47. The molecule has 0 aliphatic rings. The van der Waals surface area contributed by atoms with E-state index < -0.39 is 0 Å². The number of pyridine rings is 1. The smallest absolute Gasteiger partial charge is 0.241 e. The average Bonchev–Trinajstić information content (AvgIpc) is 2.78. The van der Waals surface area contributed by atoms with Crippen LogP contribution in [0, 0.1) is 0 Å². The number of halogens is 1. The summed E-state index contributed by atoms with van der Waals surface area (Å²) >= 11 is 3.35. The van der Waals surface area contributed by atoms with E-state index >= 15 is 0 Å². The highest BCUT2D eigenvalue weighted by molar-refractivity contribution is 9.10. The summed E-state index contributed by atoms with van der Waals surface area (Å²) in [6, 6.07) is 1.90. The Bertz CT molecular complexity index is 554. The number of rotatable bonds is 4. The maximum Gasteiger partial charge on any atom is 0.241 e. The van der Waals surface area contributed by atoms with Crippen molar-refractivity contribution < 1.29 is 4.79 Å². The van der Waals surface area contributed by atoms with E-state index in [1.54, 1.807) is 18.6 Å². The highest BCUT2D eigenvalue weighted by Crippen LogP contribution is 2.18. The first kappa shape index (κ1) is 12.7. The molecule has 2 aromatic heterocycles. The second-order valence-electron chi connectivity index (χ2n) is 3.65. The van der Waals surface area contributed by atoms with Gasteiger partial charge < -0.3 is 5.32 Å². The Balaban J connectivity index is 2.13. The fourth-order valence-electron chi connectivity index (χ4n) is 1.46. The van der Waals surface area contributed by atoms with E-state index in [2.05, 4.69) is 36.5 Å². The second kappa shape index (κ2) is 5.72. The van der Waals surface area contributed by atoms with Gasteiger partial charge in [-0.05, 0) is 28.9 Å². The summed E-state index contributed by atoms with van der Waals surface area (Å²) in [4.78, 5) is 15.4. The van der Waals surface area contributed by atoms with Crippen molar-refractivity contribution in [1.82, 2.24) is 25.3 Å². The number of hydrogen-bond acceptors (Lipinski definition) is 4. The van der Waals surface area contributed by atoms with Gasteiger partial charge in [0.15, 0.2) is 0 Å². The Morgan fingerprint density at radius 2 is 2.33 bits per heavy atom. The van der Waals surface area contributed by atoms with Crippen LogP contribution in [0.25, 0.3) is 11.3 Å². The third-order valence-electron chi connectivity index (χ3n) is 2.22. The molecule has 0 fully saturated rings. The Hall–Kier alpha value is -1.76. The van der Waals surface area contributed by atoms with Crippen molar-refractivity contribution in [2.75, 3.05) is 6.54 Å². The largest absolute Gasteiger partial charge is 0.355 e. The van der Waals surface area contributed by atoms with Gasteiger partial charge in [-0.2, -0.15) is 0 Å². The molecule has 0 saturated heterocycles. The van der Waals surface area contributed by atoms with Crippen molar-refractivity contribution in [2.45, 2.75) is 13.5 Å². The van der Waals surface area contributed by atoms with E-state index in [9.17, 15) is 4.79 Å². The lowest BCUT2D eigenvalue weighted by Crippen LogP contribution is -2.27. The quantitative estimate of drug-likeness (QED) is 0.922. The summed E-state index contributed by atoms with van der Waals surface area (Å²) in [7, 11) is 0. The zero-order valence-electron chi connectivity index (χ0n) is 9.80. The number of nitrogens with one attached hydrogen (secondary N) is 1. The molecule has 94 valence electrons. The number of carbonyl (C=O) groups excluding carboxylic acids is 1. The summed E-state index contributed by atoms with van der Waals surface area (Å²) in [5.74, 6) is -0.0821. The lowest BCUT2D eigenvalue weighted by molar-refractivity contribution is -0.121. The summed E-state index contributed by atoms with van der Waals surface area (Å²) in [6.07, 6.45) is 5.12. The van der Waals surface area contributed by atoms with Gasteiger partial charge in [0, 0.05) is 29.0 Å². The number of carbonyl (C=O) groups is 1. The highest BCUT2D eigenvalue weighted by Gasteiger charge is 2.07. The average molecular weight is 310 g/mol. The van der Waals surface area contributed by atoms with E-state index in [0.717, 1.165) is 10.0 Å². The highest BCUT2D eigenvalue weighted by atomic mass is 79.9. The van der Waals surface area contributed by atoms with E-state index in [4.69, 9.17) is 0 Å². The van der Waals surface area contributed by atoms with Gasteiger partial charge in [-0.15, -0.1) is 5.10 Å². The molecule has 2 aromatic rings. The van der Waals surface area contributed by atoms with Gasteiger partial charge in [0.2, 0.25) is 5.91 Å². The molecule has 0 bridgehead atoms. The van der Waals surface area contributed by atoms with Crippen LogP contribution in [-0.2, 0) is 11.3 Å². The third kappa shape index (κ3) is 3.13. The Kier molecular flexibility index (Phi) is 4.03. The van der Waals surface area contributed by atoms with Gasteiger partial charge in [-0.1, -0.05) is 5.21 Å². The molecule has 0 spiro atoms. The Morgan fingerprint density at radius 1 is 1.50 bits per heavy atom. The predicted octanol–water partition coefficient (Wildman–Crippen LogP) is 1.24. The summed E-state index contributed by atoms with van der Waals surface area (Å²) in [5, 5.41) is 10.6. The number of aromatic nitrogens is 4. The standard InChI is InChI=1S/C11H12BrN5O/c1-2-14-11(18)7-17-6-10(15-16-17)8-3-9(12)5-13-4-8/h3-6H,2,7H2,1H3,(H,14,18). The van der Waals surface area contributed by atoms with Crippen molar-refractivity contribution in [1.29, 1.82) is 0 Å². The molecule has 0 aliphatic heterocycles. The van der Waals surface area contributed by atoms with Crippen LogP contribution in [0.4, 0.5) is 0 Å². The topological polar surface area (TPSA) is 72.7 Å². The third-order valence-corrected chi connectivity index (χ3v) is 2.65. The first-order valence-corrected chi connectivity index (χ1v) is 6.26. The molecule has 1 amide bonds. The summed E-state index contributed by atoms with van der Waals surface area (Å²) in [6.45, 7) is 2.65. The first-order chi connectivity index (χ1) is 8.69. The lowest BCUT2D eigenvalue weighted by atomic mass is 10.2. The minimum absolute atomic E-state index is 0.0821. The van der Waals surface area contributed by atoms with Crippen LogP contribution in [0.2, 0.25) is 0 Å². The van der Waals surface area contributed by atoms with Gasteiger partial charge in [0.05, 0.1) is 6.20 Å². The maximum absolute atomic E-state index is 11.4. The van der Waals surface area contributed by atoms with Crippen molar-refractivity contribution in [3.63, 3.8) is 0 Å². The number of hydrogen-bond donors (Lipinski definition) is 1. The molecule has 0 saturated carbocycles. The predicted molar refractivity (Wildman–Crippen MR) is 69.6 cm³/mol. The molecule has 18 heavy (non-hydrogen) atoms. The van der Waals surface area contributed by atoms with Crippen molar-refractivity contribution in [3.8, 4) is 11.3 Å². The molecule has 0 unspecified atom stereocenters. The van der Waals surface area contributed by atoms with Crippen LogP contribution < -0.4 is 5.32 Å². The molecular weight excluding hydrogens is 298 g/mol. The number of likely N-dealkylation sites (N-methyl/N-ethyl adjacent to an activating group) is 1. The monoisotopic (exact) mass is 309 g/mol. The van der Waals surface area contributed by atoms with Crippen LogP contribution >= 0.6 is 15.9 Å². The fourth-order valence-corrected chi connectivity index (χ4v) is 1.82. The van der Waals surface area contributed by atoms with Gasteiger partial charge in [0.1, 0.15) is 12.2 Å². The normalized spacial score (nSPS) is 10.3. The van der Waals surface area contributed by atoms with E-state index in [1.807, 2.05) is 13.0 Å². The second-order valence-corrected chi connectivity index (χ2v) is 4.56. The van der Waals surface area contributed by atoms with Crippen molar-refractivity contribution in [2.24, 2.45) is 0 Å². The van der Waals surface area contributed by atoms with Crippen LogP contribution in [-0.4, -0.2) is 32.4 Å². The zero-order valence-corrected chi connectivity index (χ0v) is 11.4. The molecule has 6 nitrogen and oxygen atoms in total.